The molecular weight excluding hydrogens is 250 g/mol. The Morgan fingerprint density at radius 1 is 1.40 bits per heavy atom. The molecule has 0 spiro atoms. The first-order chi connectivity index (χ1) is 9.78. The number of fused-ring (bicyclic) bond motifs is 1. The minimum Gasteiger partial charge on any atom is -0.490 e. The predicted octanol–water partition coefficient (Wildman–Crippen LogP) is 3.68. The van der Waals surface area contributed by atoms with Gasteiger partial charge >= 0.3 is 0 Å². The van der Waals surface area contributed by atoms with Gasteiger partial charge in [0, 0.05) is 11.5 Å². The van der Waals surface area contributed by atoms with E-state index in [9.17, 15) is 0 Å². The summed E-state index contributed by atoms with van der Waals surface area (Å²) in [6.45, 7) is 2.02. The van der Waals surface area contributed by atoms with Crippen LogP contribution in [0.5, 0.6) is 5.75 Å². The largest absolute Gasteiger partial charge is 0.490 e. The average Bonchev–Trinajstić information content (AvgIpc) is 2.91. The van der Waals surface area contributed by atoms with Crippen molar-refractivity contribution in [3.8, 4) is 5.75 Å². The first-order valence-corrected chi connectivity index (χ1v) is 7.32. The number of hydrogen-bond donors (Lipinski definition) is 1. The smallest absolute Gasteiger partial charge is 0.147 e. The van der Waals surface area contributed by atoms with Gasteiger partial charge in [0.05, 0.1) is 0 Å². The van der Waals surface area contributed by atoms with Gasteiger partial charge in [-0.15, -0.1) is 0 Å². The van der Waals surface area contributed by atoms with Gasteiger partial charge in [-0.1, -0.05) is 37.3 Å². The predicted molar refractivity (Wildman–Crippen MR) is 79.1 cm³/mol. The topological polar surface area (TPSA) is 44.5 Å². The van der Waals surface area contributed by atoms with Crippen molar-refractivity contribution in [1.29, 1.82) is 0 Å². The number of nitrogens with two attached hydrogens (primary N) is 1. The van der Waals surface area contributed by atoms with E-state index >= 15 is 0 Å². The van der Waals surface area contributed by atoms with Gasteiger partial charge in [-0.05, 0) is 31.4 Å². The molecule has 3 rings (SSSR count). The van der Waals surface area contributed by atoms with Crippen LogP contribution in [0.4, 0.5) is 0 Å². The lowest BCUT2D eigenvalue weighted by Gasteiger charge is -2.19. The average molecular weight is 271 g/mol. The molecule has 0 amide bonds. The van der Waals surface area contributed by atoms with Crippen LogP contribution in [-0.4, -0.2) is 6.23 Å². The summed E-state index contributed by atoms with van der Waals surface area (Å²) in [5, 5.41) is 0. The minimum absolute atomic E-state index is 0.0754. The van der Waals surface area contributed by atoms with Gasteiger partial charge in [-0.25, -0.2) is 0 Å². The van der Waals surface area contributed by atoms with Gasteiger partial charge in [-0.2, -0.15) is 0 Å². The van der Waals surface area contributed by atoms with E-state index < -0.39 is 0 Å². The summed E-state index contributed by atoms with van der Waals surface area (Å²) >= 11 is 0. The highest BCUT2D eigenvalue weighted by molar-refractivity contribution is 5.37. The molecule has 0 aromatic heterocycles. The molecule has 1 aromatic rings. The first kappa shape index (κ1) is 13.3. The molecule has 2 aliphatic rings. The maximum atomic E-state index is 6.10. The summed E-state index contributed by atoms with van der Waals surface area (Å²) in [6.07, 6.45) is 9.04. The Hall–Kier alpha value is -1.74. The maximum absolute atomic E-state index is 6.10. The van der Waals surface area contributed by atoms with Gasteiger partial charge in [0.15, 0.2) is 0 Å². The number of ether oxygens (including phenoxy) is 2. The summed E-state index contributed by atoms with van der Waals surface area (Å²) in [7, 11) is 0. The van der Waals surface area contributed by atoms with Crippen LogP contribution in [0.3, 0.4) is 0 Å². The van der Waals surface area contributed by atoms with Crippen LogP contribution in [0.2, 0.25) is 0 Å². The Labute approximate surface area is 120 Å². The third-order valence-electron chi connectivity index (χ3n) is 3.94. The first-order valence-electron chi connectivity index (χ1n) is 7.32. The Bertz CT molecular complexity index is 536. The van der Waals surface area contributed by atoms with Crippen molar-refractivity contribution in [2.75, 3.05) is 0 Å². The summed E-state index contributed by atoms with van der Waals surface area (Å²) < 4.78 is 11.9. The van der Waals surface area contributed by atoms with Crippen molar-refractivity contribution < 1.29 is 9.47 Å². The molecule has 106 valence electrons. The fraction of sp³-hybridized carbons (Fsp3) is 0.412. The van der Waals surface area contributed by atoms with Crippen molar-refractivity contribution in [3.05, 3.63) is 53.8 Å². The fourth-order valence-electron chi connectivity index (χ4n) is 2.77. The molecule has 3 atom stereocenters. The Morgan fingerprint density at radius 2 is 2.25 bits per heavy atom. The minimum atomic E-state index is -0.263. The molecule has 1 heterocycles. The third-order valence-corrected chi connectivity index (χ3v) is 3.94. The van der Waals surface area contributed by atoms with Crippen molar-refractivity contribution in [1.82, 2.24) is 0 Å². The lowest BCUT2D eigenvalue weighted by atomic mass is 9.93. The number of hydrogen-bond acceptors (Lipinski definition) is 3. The van der Waals surface area contributed by atoms with Crippen LogP contribution < -0.4 is 10.5 Å². The van der Waals surface area contributed by atoms with E-state index in [-0.39, 0.29) is 12.3 Å². The Morgan fingerprint density at radius 3 is 3.05 bits per heavy atom. The lowest BCUT2D eigenvalue weighted by Crippen LogP contribution is -2.26. The van der Waals surface area contributed by atoms with E-state index in [0.717, 1.165) is 36.3 Å². The maximum Gasteiger partial charge on any atom is 0.147 e. The highest BCUT2D eigenvalue weighted by atomic mass is 16.5. The van der Waals surface area contributed by atoms with E-state index in [1.807, 2.05) is 25.1 Å². The van der Waals surface area contributed by atoms with Crippen LogP contribution in [0.15, 0.2) is 48.3 Å². The van der Waals surface area contributed by atoms with Crippen LogP contribution >= 0.6 is 0 Å². The fourth-order valence-corrected chi connectivity index (χ4v) is 2.77. The van der Waals surface area contributed by atoms with Crippen molar-refractivity contribution >= 4 is 0 Å². The molecule has 2 N–H and O–H groups in total. The van der Waals surface area contributed by atoms with Crippen LogP contribution in [0.25, 0.3) is 0 Å². The summed E-state index contributed by atoms with van der Waals surface area (Å²) in [5.74, 6) is 2.46. The molecule has 0 bridgehead atoms. The van der Waals surface area contributed by atoms with Gasteiger partial charge in [0.25, 0.3) is 0 Å². The molecule has 1 saturated heterocycles. The molecule has 0 saturated carbocycles. The van der Waals surface area contributed by atoms with E-state index in [1.165, 1.54) is 0 Å². The van der Waals surface area contributed by atoms with Crippen molar-refractivity contribution in [3.63, 3.8) is 0 Å². The van der Waals surface area contributed by atoms with E-state index in [2.05, 4.69) is 24.3 Å². The van der Waals surface area contributed by atoms with E-state index in [0.29, 0.717) is 5.92 Å². The summed E-state index contributed by atoms with van der Waals surface area (Å²) in [6, 6.07) is 8.05. The van der Waals surface area contributed by atoms with E-state index in [1.54, 1.807) is 0 Å². The molecular formula is C17H21NO2. The highest BCUT2D eigenvalue weighted by Gasteiger charge is 2.33. The van der Waals surface area contributed by atoms with Crippen LogP contribution in [-0.2, 0) is 4.74 Å². The molecule has 3 unspecified atom stereocenters. The molecule has 20 heavy (non-hydrogen) atoms. The number of allylic oxidation sites excluding steroid dienone is 4. The molecule has 1 aliphatic heterocycles. The second-order valence-electron chi connectivity index (χ2n) is 5.37. The molecule has 3 nitrogen and oxygen atoms in total. The molecule has 1 fully saturated rings. The monoisotopic (exact) mass is 271 g/mol. The zero-order valence-electron chi connectivity index (χ0n) is 11.8. The standard InChI is InChI=1S/C17H21NO2/c1-2-17(18)20-15-10-6-4-8-13(15)16-11-12-7-3-5-9-14(12)19-16/h3-6,8-10,12,16-17H,2,7,11,18H2,1H3. The SMILES string of the molecule is CCC(N)Oc1ccccc1C1CC2CC=CC=C2O1. The van der Waals surface area contributed by atoms with Crippen LogP contribution in [0.1, 0.15) is 37.9 Å². The molecule has 1 aromatic carbocycles. The second-order valence-corrected chi connectivity index (χ2v) is 5.37. The zero-order chi connectivity index (χ0) is 13.9. The van der Waals surface area contributed by atoms with Gasteiger partial charge < -0.3 is 9.47 Å². The second kappa shape index (κ2) is 5.71. The Kier molecular flexibility index (Phi) is 3.79. The molecule has 0 radical (unpaired) electrons. The van der Waals surface area contributed by atoms with Gasteiger partial charge in [0.1, 0.15) is 23.8 Å². The molecule has 1 aliphatic carbocycles. The van der Waals surface area contributed by atoms with Crippen molar-refractivity contribution in [2.24, 2.45) is 11.7 Å². The summed E-state index contributed by atoms with van der Waals surface area (Å²) in [5.41, 5.74) is 7.01. The highest BCUT2D eigenvalue weighted by Crippen LogP contribution is 2.44. The lowest BCUT2D eigenvalue weighted by molar-refractivity contribution is 0.149. The molecule has 3 heteroatoms. The number of benzene rings is 1. The van der Waals surface area contributed by atoms with Crippen LogP contribution in [0, 0.1) is 5.92 Å². The van der Waals surface area contributed by atoms with E-state index in [4.69, 9.17) is 15.2 Å². The summed E-state index contributed by atoms with van der Waals surface area (Å²) in [4.78, 5) is 0. The number of para-hydroxylation sites is 1. The normalized spacial score (nSPS) is 25.6. The van der Waals surface area contributed by atoms with Crippen molar-refractivity contribution in [2.45, 2.75) is 38.5 Å². The zero-order valence-corrected chi connectivity index (χ0v) is 11.8. The number of rotatable bonds is 4. The Balaban J connectivity index is 1.81. The van der Waals surface area contributed by atoms with Gasteiger partial charge in [-0.3, -0.25) is 5.73 Å². The quantitative estimate of drug-likeness (QED) is 0.850. The third kappa shape index (κ3) is 2.59. The van der Waals surface area contributed by atoms with Gasteiger partial charge in [0.2, 0.25) is 0 Å².